The average molecular weight is 298 g/mol. The van der Waals surface area contributed by atoms with Gasteiger partial charge in [0.15, 0.2) is 0 Å². The Kier molecular flexibility index (Phi) is 6.32. The van der Waals surface area contributed by atoms with Gasteiger partial charge in [-0.05, 0) is 31.5 Å². The molecule has 0 fully saturated rings. The third-order valence-electron chi connectivity index (χ3n) is 2.61. The Bertz CT molecular complexity index is 484. The normalized spacial score (nSPS) is 13.0. The van der Waals surface area contributed by atoms with Crippen molar-refractivity contribution in [2.45, 2.75) is 25.1 Å². The number of anilines is 1. The highest BCUT2D eigenvalue weighted by Gasteiger charge is 2.21. The van der Waals surface area contributed by atoms with Gasteiger partial charge >= 0.3 is 0 Å². The van der Waals surface area contributed by atoms with Crippen LogP contribution in [0.2, 0.25) is 0 Å². The third-order valence-corrected chi connectivity index (χ3v) is 3.89. The minimum Gasteiger partial charge on any atom is -0.384 e. The number of hydrogen-bond donors (Lipinski definition) is 2. The molecule has 6 heteroatoms. The minimum atomic E-state index is -0.971. The van der Waals surface area contributed by atoms with E-state index >= 15 is 0 Å². The lowest BCUT2D eigenvalue weighted by atomic mass is 10.1. The molecule has 0 aromatic heterocycles. The van der Waals surface area contributed by atoms with Crippen molar-refractivity contribution in [1.29, 1.82) is 0 Å². The summed E-state index contributed by atoms with van der Waals surface area (Å²) in [4.78, 5) is 11.8. The van der Waals surface area contributed by atoms with Crippen LogP contribution in [0, 0.1) is 0 Å². The summed E-state index contributed by atoms with van der Waals surface area (Å²) < 4.78 is 16.7. The van der Waals surface area contributed by atoms with E-state index in [-0.39, 0.29) is 5.91 Å². The number of carbonyl (C=O) groups excluding carboxylic acids is 1. The maximum atomic E-state index is 11.8. The zero-order valence-electron chi connectivity index (χ0n) is 12.1. The molecule has 1 amide bonds. The van der Waals surface area contributed by atoms with Crippen LogP contribution in [0.4, 0.5) is 5.69 Å². The van der Waals surface area contributed by atoms with Gasteiger partial charge in [0.1, 0.15) is 0 Å². The van der Waals surface area contributed by atoms with Gasteiger partial charge in [0, 0.05) is 35.1 Å². The van der Waals surface area contributed by atoms with Gasteiger partial charge in [-0.1, -0.05) is 12.1 Å². The standard InChI is InChI=1S/C14H22N2O3S/c1-14(2,15)13(17)16-12-6-4-5-11(9-12)10-20(18)8-7-19-3/h4-6,9H,7-8,10,15H2,1-3H3,(H,16,17). The second-order valence-electron chi connectivity index (χ2n) is 5.16. The molecular weight excluding hydrogens is 276 g/mol. The predicted molar refractivity (Wildman–Crippen MR) is 81.9 cm³/mol. The number of amides is 1. The molecule has 1 aromatic carbocycles. The largest absolute Gasteiger partial charge is 0.384 e. The second kappa shape index (κ2) is 7.52. The van der Waals surface area contributed by atoms with Gasteiger partial charge in [-0.3, -0.25) is 9.00 Å². The summed E-state index contributed by atoms with van der Waals surface area (Å²) in [5.74, 6) is 0.692. The Balaban J connectivity index is 2.66. The Morgan fingerprint density at radius 1 is 1.45 bits per heavy atom. The number of nitrogens with two attached hydrogens (primary N) is 1. The first-order valence-electron chi connectivity index (χ1n) is 6.36. The third kappa shape index (κ3) is 5.81. The quantitative estimate of drug-likeness (QED) is 0.794. The van der Waals surface area contributed by atoms with Gasteiger partial charge in [-0.2, -0.15) is 0 Å². The van der Waals surface area contributed by atoms with Crippen molar-refractivity contribution in [3.63, 3.8) is 0 Å². The van der Waals surface area contributed by atoms with Crippen LogP contribution in [-0.2, 0) is 26.1 Å². The van der Waals surface area contributed by atoms with Crippen LogP contribution in [0.25, 0.3) is 0 Å². The average Bonchev–Trinajstić information content (AvgIpc) is 2.35. The first-order chi connectivity index (χ1) is 9.32. The lowest BCUT2D eigenvalue weighted by molar-refractivity contribution is -0.120. The van der Waals surface area contributed by atoms with Crippen molar-refractivity contribution < 1.29 is 13.7 Å². The molecule has 0 radical (unpaired) electrons. The van der Waals surface area contributed by atoms with Crippen LogP contribution in [0.15, 0.2) is 24.3 Å². The summed E-state index contributed by atoms with van der Waals surface area (Å²) in [5.41, 5.74) is 6.36. The smallest absolute Gasteiger partial charge is 0.243 e. The molecule has 3 N–H and O–H groups in total. The summed E-state index contributed by atoms with van der Waals surface area (Å²) in [6.45, 7) is 3.77. The van der Waals surface area contributed by atoms with Gasteiger partial charge in [0.05, 0.1) is 12.1 Å². The Morgan fingerprint density at radius 3 is 2.75 bits per heavy atom. The first-order valence-corrected chi connectivity index (χ1v) is 7.85. The zero-order chi connectivity index (χ0) is 15.2. The molecule has 1 atom stereocenters. The molecule has 20 heavy (non-hydrogen) atoms. The highest BCUT2D eigenvalue weighted by atomic mass is 32.2. The van der Waals surface area contributed by atoms with E-state index in [4.69, 9.17) is 10.5 Å². The highest BCUT2D eigenvalue weighted by molar-refractivity contribution is 7.84. The van der Waals surface area contributed by atoms with Gasteiger partial charge in [0.25, 0.3) is 0 Å². The van der Waals surface area contributed by atoms with Gasteiger partial charge in [0.2, 0.25) is 5.91 Å². The van der Waals surface area contributed by atoms with Crippen LogP contribution < -0.4 is 11.1 Å². The lowest BCUT2D eigenvalue weighted by Gasteiger charge is -2.18. The molecule has 0 spiro atoms. The fourth-order valence-electron chi connectivity index (χ4n) is 1.47. The fraction of sp³-hybridized carbons (Fsp3) is 0.500. The van der Waals surface area contributed by atoms with Crippen molar-refractivity contribution in [3.8, 4) is 0 Å². The maximum absolute atomic E-state index is 11.8. The number of rotatable bonds is 7. The molecule has 0 heterocycles. The summed E-state index contributed by atoms with van der Waals surface area (Å²) >= 11 is 0. The van der Waals surface area contributed by atoms with Crippen LogP contribution >= 0.6 is 0 Å². The number of nitrogens with one attached hydrogen (secondary N) is 1. The summed E-state index contributed by atoms with van der Waals surface area (Å²) in [6, 6.07) is 7.30. The SMILES string of the molecule is COCCS(=O)Cc1cccc(NC(=O)C(C)(C)N)c1. The lowest BCUT2D eigenvalue weighted by Crippen LogP contribution is -2.45. The predicted octanol–water partition coefficient (Wildman–Crippen LogP) is 1.26. The van der Waals surface area contributed by atoms with E-state index in [0.717, 1.165) is 5.56 Å². The number of benzene rings is 1. The molecule has 0 aliphatic carbocycles. The Morgan fingerprint density at radius 2 is 2.15 bits per heavy atom. The van der Waals surface area contributed by atoms with Crippen LogP contribution in [-0.4, -0.2) is 35.1 Å². The van der Waals surface area contributed by atoms with Crippen LogP contribution in [0.1, 0.15) is 19.4 Å². The number of carbonyl (C=O) groups is 1. The fourth-order valence-corrected chi connectivity index (χ4v) is 2.51. The molecule has 1 aromatic rings. The van der Waals surface area contributed by atoms with Gasteiger partial charge < -0.3 is 15.8 Å². The molecule has 1 rings (SSSR count). The summed E-state index contributed by atoms with van der Waals surface area (Å²) in [6.07, 6.45) is 0. The maximum Gasteiger partial charge on any atom is 0.243 e. The minimum absolute atomic E-state index is 0.254. The Labute approximate surface area is 122 Å². The monoisotopic (exact) mass is 298 g/mol. The van der Waals surface area contributed by atoms with E-state index in [1.165, 1.54) is 0 Å². The molecule has 0 saturated heterocycles. The van der Waals surface area contributed by atoms with Gasteiger partial charge in [-0.15, -0.1) is 0 Å². The molecule has 0 aliphatic heterocycles. The number of methoxy groups -OCH3 is 1. The zero-order valence-corrected chi connectivity index (χ0v) is 13.0. The van der Waals surface area contributed by atoms with E-state index in [9.17, 15) is 9.00 Å². The molecule has 5 nitrogen and oxygen atoms in total. The van der Waals surface area contributed by atoms with Crippen molar-refractivity contribution in [3.05, 3.63) is 29.8 Å². The Hall–Kier alpha value is -1.24. The molecule has 112 valence electrons. The van der Waals surface area contributed by atoms with Crippen molar-refractivity contribution >= 4 is 22.4 Å². The second-order valence-corrected chi connectivity index (χ2v) is 6.73. The summed E-state index contributed by atoms with van der Waals surface area (Å²) in [7, 11) is 0.614. The molecule has 1 unspecified atom stereocenters. The summed E-state index contributed by atoms with van der Waals surface area (Å²) in [5, 5.41) is 2.75. The number of ether oxygens (including phenoxy) is 1. The highest BCUT2D eigenvalue weighted by Crippen LogP contribution is 2.14. The van der Waals surface area contributed by atoms with E-state index in [0.29, 0.717) is 23.8 Å². The van der Waals surface area contributed by atoms with E-state index in [2.05, 4.69) is 5.32 Å². The van der Waals surface area contributed by atoms with Crippen LogP contribution in [0.3, 0.4) is 0 Å². The number of hydrogen-bond acceptors (Lipinski definition) is 4. The first kappa shape index (κ1) is 16.8. The molecule has 0 aliphatic rings. The van der Waals surface area contributed by atoms with Crippen molar-refractivity contribution in [2.24, 2.45) is 5.73 Å². The van der Waals surface area contributed by atoms with E-state index in [1.54, 1.807) is 27.0 Å². The van der Waals surface area contributed by atoms with Crippen LogP contribution in [0.5, 0.6) is 0 Å². The van der Waals surface area contributed by atoms with Crippen molar-refractivity contribution in [2.75, 3.05) is 24.8 Å². The molecule has 0 bridgehead atoms. The molecular formula is C14H22N2O3S. The van der Waals surface area contributed by atoms with Gasteiger partial charge in [-0.25, -0.2) is 0 Å². The van der Waals surface area contributed by atoms with Crippen molar-refractivity contribution in [1.82, 2.24) is 0 Å². The van der Waals surface area contributed by atoms with E-state index < -0.39 is 16.3 Å². The van der Waals surface area contributed by atoms with E-state index in [1.807, 2.05) is 18.2 Å². The molecule has 0 saturated carbocycles. The topological polar surface area (TPSA) is 81.4 Å².